The van der Waals surface area contributed by atoms with Crippen LogP contribution in [0.2, 0.25) is 0 Å². The van der Waals surface area contributed by atoms with Gasteiger partial charge in [-0.2, -0.15) is 10.5 Å². The van der Waals surface area contributed by atoms with Crippen molar-refractivity contribution >= 4 is 17.7 Å². The zero-order valence-electron chi connectivity index (χ0n) is 13.9. The Balaban J connectivity index is 1.92. The number of nitrogens with zero attached hydrogens (tertiary/aromatic N) is 3. The van der Waals surface area contributed by atoms with Crippen molar-refractivity contribution in [3.8, 4) is 23.3 Å². The fourth-order valence-electron chi connectivity index (χ4n) is 2.34. The normalized spacial score (nSPS) is 9.84. The first-order valence-corrected chi connectivity index (χ1v) is 9.03. The van der Waals surface area contributed by atoms with Gasteiger partial charge in [-0.05, 0) is 23.3 Å². The minimum atomic E-state index is -0.0392. The van der Waals surface area contributed by atoms with E-state index < -0.39 is 0 Å². The van der Waals surface area contributed by atoms with Crippen molar-refractivity contribution in [2.45, 2.75) is 17.7 Å². The SMILES string of the molecule is N#CCCN(CCC#N)C(=O)CSc1ccc(-c2ccccc2)cc1. The molecule has 0 N–H and O–H groups in total. The van der Waals surface area contributed by atoms with Crippen LogP contribution in [0.3, 0.4) is 0 Å². The third kappa shape index (κ3) is 5.99. The van der Waals surface area contributed by atoms with E-state index in [4.69, 9.17) is 10.5 Å². The first-order chi connectivity index (χ1) is 12.2. The molecule has 5 heteroatoms. The van der Waals surface area contributed by atoms with Crippen LogP contribution in [0.25, 0.3) is 11.1 Å². The molecule has 2 aromatic carbocycles. The molecule has 0 aliphatic heterocycles. The summed E-state index contributed by atoms with van der Waals surface area (Å²) in [5.41, 5.74) is 2.30. The summed E-state index contributed by atoms with van der Waals surface area (Å²) in [6.45, 7) is 0.759. The number of hydrogen-bond acceptors (Lipinski definition) is 4. The van der Waals surface area contributed by atoms with Gasteiger partial charge in [0.15, 0.2) is 0 Å². The maximum atomic E-state index is 12.3. The Bertz CT molecular complexity index is 742. The van der Waals surface area contributed by atoms with E-state index in [1.165, 1.54) is 11.8 Å². The van der Waals surface area contributed by atoms with E-state index in [2.05, 4.69) is 12.1 Å². The number of amides is 1. The van der Waals surface area contributed by atoms with Gasteiger partial charge in [-0.1, -0.05) is 42.5 Å². The average molecular weight is 349 g/mol. The van der Waals surface area contributed by atoms with Crippen molar-refractivity contribution in [3.63, 3.8) is 0 Å². The number of thioether (sulfide) groups is 1. The second-order valence-corrected chi connectivity index (χ2v) is 6.42. The van der Waals surface area contributed by atoms with Gasteiger partial charge in [0, 0.05) is 18.0 Å². The fraction of sp³-hybridized carbons (Fsp3) is 0.250. The van der Waals surface area contributed by atoms with Gasteiger partial charge in [-0.3, -0.25) is 4.79 Å². The van der Waals surface area contributed by atoms with Crippen LogP contribution in [0.5, 0.6) is 0 Å². The maximum Gasteiger partial charge on any atom is 0.232 e. The lowest BCUT2D eigenvalue weighted by atomic mass is 10.1. The van der Waals surface area contributed by atoms with Crippen LogP contribution in [0.4, 0.5) is 0 Å². The van der Waals surface area contributed by atoms with Crippen molar-refractivity contribution in [3.05, 3.63) is 54.6 Å². The molecular formula is C20H19N3OS. The Hall–Kier alpha value is -2.76. The summed E-state index contributed by atoms with van der Waals surface area (Å²) < 4.78 is 0. The summed E-state index contributed by atoms with van der Waals surface area (Å²) in [5.74, 6) is 0.268. The quantitative estimate of drug-likeness (QED) is 0.673. The molecule has 0 aliphatic rings. The number of carbonyl (C=O) groups is 1. The fourth-order valence-corrected chi connectivity index (χ4v) is 3.14. The second-order valence-electron chi connectivity index (χ2n) is 5.38. The van der Waals surface area contributed by atoms with Gasteiger partial charge < -0.3 is 4.90 Å². The molecule has 0 fully saturated rings. The number of rotatable bonds is 8. The van der Waals surface area contributed by atoms with E-state index in [9.17, 15) is 4.79 Å². The molecular weight excluding hydrogens is 330 g/mol. The molecule has 4 nitrogen and oxygen atoms in total. The van der Waals surface area contributed by atoms with Gasteiger partial charge in [0.25, 0.3) is 0 Å². The van der Waals surface area contributed by atoms with Crippen LogP contribution in [-0.2, 0) is 4.79 Å². The molecule has 0 unspecified atom stereocenters. The van der Waals surface area contributed by atoms with Crippen molar-refractivity contribution in [1.29, 1.82) is 10.5 Å². The number of carbonyl (C=O) groups excluding carboxylic acids is 1. The van der Waals surface area contributed by atoms with Gasteiger partial charge in [-0.25, -0.2) is 0 Å². The number of hydrogen-bond donors (Lipinski definition) is 0. The first kappa shape index (κ1) is 18.6. The monoisotopic (exact) mass is 349 g/mol. The molecule has 126 valence electrons. The molecule has 0 saturated heterocycles. The minimum Gasteiger partial charge on any atom is -0.340 e. The van der Waals surface area contributed by atoms with E-state index in [0.29, 0.717) is 18.8 Å². The number of nitriles is 2. The molecule has 0 saturated carbocycles. The molecule has 0 bridgehead atoms. The van der Waals surface area contributed by atoms with E-state index >= 15 is 0 Å². The molecule has 0 atom stereocenters. The van der Waals surface area contributed by atoms with Gasteiger partial charge in [0.05, 0.1) is 30.7 Å². The van der Waals surface area contributed by atoms with Gasteiger partial charge in [0.2, 0.25) is 5.91 Å². The van der Waals surface area contributed by atoms with Crippen molar-refractivity contribution in [2.24, 2.45) is 0 Å². The predicted molar refractivity (Wildman–Crippen MR) is 99.6 cm³/mol. The van der Waals surface area contributed by atoms with Crippen LogP contribution in [-0.4, -0.2) is 29.6 Å². The summed E-state index contributed by atoms with van der Waals surface area (Å²) in [4.78, 5) is 14.9. The first-order valence-electron chi connectivity index (χ1n) is 8.04. The van der Waals surface area contributed by atoms with Crippen LogP contribution in [0.15, 0.2) is 59.5 Å². The van der Waals surface area contributed by atoms with Gasteiger partial charge >= 0.3 is 0 Å². The third-order valence-corrected chi connectivity index (χ3v) is 4.66. The predicted octanol–water partition coefficient (Wildman–Crippen LogP) is 4.10. The third-order valence-electron chi connectivity index (χ3n) is 3.66. The molecule has 2 aromatic rings. The summed E-state index contributed by atoms with van der Waals surface area (Å²) in [6, 6.07) is 22.3. The lowest BCUT2D eigenvalue weighted by Crippen LogP contribution is -2.34. The second kappa shape index (κ2) is 10.2. The van der Waals surface area contributed by atoms with E-state index in [0.717, 1.165) is 16.0 Å². The summed E-state index contributed by atoms with van der Waals surface area (Å²) in [7, 11) is 0. The van der Waals surface area contributed by atoms with Crippen molar-refractivity contribution in [1.82, 2.24) is 4.90 Å². The highest BCUT2D eigenvalue weighted by Crippen LogP contribution is 2.24. The number of benzene rings is 2. The Kier molecular flexibility index (Phi) is 7.56. The van der Waals surface area contributed by atoms with Crippen LogP contribution in [0.1, 0.15) is 12.8 Å². The topological polar surface area (TPSA) is 67.9 Å². The van der Waals surface area contributed by atoms with E-state index in [-0.39, 0.29) is 18.7 Å². The molecule has 25 heavy (non-hydrogen) atoms. The lowest BCUT2D eigenvalue weighted by Gasteiger charge is -2.20. The molecule has 2 rings (SSSR count). The Morgan fingerprint density at radius 3 is 2.00 bits per heavy atom. The molecule has 0 spiro atoms. The van der Waals surface area contributed by atoms with E-state index in [1.54, 1.807) is 4.90 Å². The van der Waals surface area contributed by atoms with Gasteiger partial charge in [-0.15, -0.1) is 11.8 Å². The van der Waals surface area contributed by atoms with Gasteiger partial charge in [0.1, 0.15) is 0 Å². The Morgan fingerprint density at radius 1 is 0.880 bits per heavy atom. The zero-order chi connectivity index (χ0) is 17.9. The van der Waals surface area contributed by atoms with Crippen LogP contribution < -0.4 is 0 Å². The van der Waals surface area contributed by atoms with Crippen LogP contribution in [0, 0.1) is 22.7 Å². The molecule has 0 aliphatic carbocycles. The standard InChI is InChI=1S/C20H19N3OS/c21-12-4-14-23(15-5-13-22)20(24)16-25-19-10-8-18(9-11-19)17-6-2-1-3-7-17/h1-3,6-11H,4-5,14-16H2. The highest BCUT2D eigenvalue weighted by molar-refractivity contribution is 8.00. The Morgan fingerprint density at radius 2 is 1.44 bits per heavy atom. The van der Waals surface area contributed by atoms with Crippen molar-refractivity contribution < 1.29 is 4.79 Å². The van der Waals surface area contributed by atoms with E-state index in [1.807, 2.05) is 54.6 Å². The smallest absolute Gasteiger partial charge is 0.232 e. The lowest BCUT2D eigenvalue weighted by molar-refractivity contribution is -0.128. The molecule has 1 amide bonds. The minimum absolute atomic E-state index is 0.0392. The highest BCUT2D eigenvalue weighted by atomic mass is 32.2. The van der Waals surface area contributed by atoms with Crippen molar-refractivity contribution in [2.75, 3.05) is 18.8 Å². The molecule has 0 aromatic heterocycles. The summed E-state index contributed by atoms with van der Waals surface area (Å²) in [6.07, 6.45) is 0.571. The molecule has 0 heterocycles. The zero-order valence-corrected chi connectivity index (χ0v) is 14.7. The maximum absolute atomic E-state index is 12.3. The molecule has 0 radical (unpaired) electrons. The van der Waals surface area contributed by atoms with Crippen LogP contribution >= 0.6 is 11.8 Å². The largest absolute Gasteiger partial charge is 0.340 e. The summed E-state index contributed by atoms with van der Waals surface area (Å²) in [5, 5.41) is 17.4. The Labute approximate surface area is 152 Å². The summed E-state index contributed by atoms with van der Waals surface area (Å²) >= 11 is 1.47. The average Bonchev–Trinajstić information content (AvgIpc) is 2.67. The highest BCUT2D eigenvalue weighted by Gasteiger charge is 2.13.